The minimum atomic E-state index is -3.56. The van der Waals surface area contributed by atoms with Gasteiger partial charge in [-0.2, -0.15) is 0 Å². The van der Waals surface area contributed by atoms with Crippen molar-refractivity contribution in [3.05, 3.63) is 35.0 Å². The summed E-state index contributed by atoms with van der Waals surface area (Å²) < 4.78 is 45.5. The summed E-state index contributed by atoms with van der Waals surface area (Å²) in [5.74, 6) is -0.404. The lowest BCUT2D eigenvalue weighted by Crippen LogP contribution is -2.54. The van der Waals surface area contributed by atoms with E-state index in [0.717, 1.165) is 11.9 Å². The molecule has 12 heteroatoms. The quantitative estimate of drug-likeness (QED) is 0.626. The number of imidazole rings is 1. The number of methoxy groups -OCH3 is 1. The molecule has 1 N–H and O–H groups in total. The van der Waals surface area contributed by atoms with Gasteiger partial charge in [-0.15, -0.1) is 0 Å². The third-order valence-corrected chi connectivity index (χ3v) is 8.52. The second-order valence-corrected chi connectivity index (χ2v) is 11.1. The van der Waals surface area contributed by atoms with Crippen LogP contribution in [0.1, 0.15) is 31.4 Å². The Balaban J connectivity index is 1.36. The van der Waals surface area contributed by atoms with E-state index in [1.165, 1.54) is 16.4 Å². The molecule has 0 unspecified atom stereocenters. The summed E-state index contributed by atoms with van der Waals surface area (Å²) in [6.07, 6.45) is 1.68. The highest BCUT2D eigenvalue weighted by Crippen LogP contribution is 2.37. The van der Waals surface area contributed by atoms with Crippen LogP contribution in [-0.4, -0.2) is 83.6 Å². The maximum absolute atomic E-state index is 13.2. The first-order chi connectivity index (χ1) is 15.7. The number of hydrogen-bond donors (Lipinski definition) is 1. The Morgan fingerprint density at radius 3 is 2.73 bits per heavy atom. The van der Waals surface area contributed by atoms with E-state index in [9.17, 15) is 17.6 Å². The molecule has 180 valence electrons. The Labute approximate surface area is 197 Å². The Morgan fingerprint density at radius 2 is 2.09 bits per heavy atom. The van der Waals surface area contributed by atoms with Crippen LogP contribution < -0.4 is 0 Å². The maximum atomic E-state index is 13.2. The number of aromatic nitrogens is 3. The number of likely N-dealkylation sites (tertiary alicyclic amines) is 1. The monoisotopic (exact) mass is 499 g/mol. The number of nitrogens with one attached hydrogen (secondary N) is 1. The highest BCUT2D eigenvalue weighted by molar-refractivity contribution is 7.89. The number of H-pyrrole nitrogens is 1. The van der Waals surface area contributed by atoms with Gasteiger partial charge in [0.05, 0.1) is 23.7 Å². The van der Waals surface area contributed by atoms with Gasteiger partial charge in [0.1, 0.15) is 11.5 Å². The fourth-order valence-corrected chi connectivity index (χ4v) is 6.14. The zero-order chi connectivity index (χ0) is 23.8. The van der Waals surface area contributed by atoms with Crippen LogP contribution in [0.3, 0.4) is 0 Å². The minimum Gasteiger partial charge on any atom is -0.378 e. The van der Waals surface area contributed by atoms with E-state index in [1.807, 2.05) is 6.92 Å². The van der Waals surface area contributed by atoms with E-state index in [2.05, 4.69) is 15.0 Å². The Hall–Kier alpha value is -2.08. The van der Waals surface area contributed by atoms with Crippen molar-refractivity contribution in [2.24, 2.45) is 5.92 Å². The Bertz CT molecular complexity index is 1100. The average molecular weight is 500 g/mol. The average Bonchev–Trinajstić information content (AvgIpc) is 3.13. The van der Waals surface area contributed by atoms with Crippen LogP contribution in [0.5, 0.6) is 0 Å². The van der Waals surface area contributed by atoms with E-state index < -0.39 is 15.8 Å². The number of hydrogen-bond acceptors (Lipinski definition) is 6. The molecule has 2 aliphatic rings. The minimum absolute atomic E-state index is 0.0145. The number of sulfonamides is 1. The van der Waals surface area contributed by atoms with Crippen LogP contribution in [0, 0.1) is 11.7 Å². The Kier molecular flexibility index (Phi) is 7.04. The predicted molar refractivity (Wildman–Crippen MR) is 121 cm³/mol. The SMILES string of the molecule is COC1CN(C(=O)CCS(=O)(=O)N2CC[C@@H](c3[nH]c(-c4ccc(F)cn4)nc3Cl)[C@@H](C)C2)C1. The van der Waals surface area contributed by atoms with Crippen molar-refractivity contribution in [2.75, 3.05) is 39.0 Å². The number of aromatic amines is 1. The number of carbonyl (C=O) groups is 1. The molecule has 2 aromatic heterocycles. The van der Waals surface area contributed by atoms with Gasteiger partial charge >= 0.3 is 0 Å². The Morgan fingerprint density at radius 1 is 1.33 bits per heavy atom. The molecule has 33 heavy (non-hydrogen) atoms. The van der Waals surface area contributed by atoms with Gasteiger partial charge in [-0.3, -0.25) is 4.79 Å². The molecule has 0 saturated carbocycles. The molecule has 2 atom stereocenters. The molecule has 2 aliphatic heterocycles. The molecule has 0 aromatic carbocycles. The summed E-state index contributed by atoms with van der Waals surface area (Å²) in [6, 6.07) is 2.82. The fourth-order valence-electron chi connectivity index (χ4n) is 4.33. The number of rotatable bonds is 7. The lowest BCUT2D eigenvalue weighted by atomic mass is 9.86. The first-order valence-corrected chi connectivity index (χ1v) is 12.8. The predicted octanol–water partition coefficient (Wildman–Crippen LogP) is 2.27. The zero-order valence-electron chi connectivity index (χ0n) is 18.5. The van der Waals surface area contributed by atoms with Gasteiger partial charge in [0, 0.05) is 45.6 Å². The summed E-state index contributed by atoms with van der Waals surface area (Å²) in [4.78, 5) is 25.4. The van der Waals surface area contributed by atoms with Crippen LogP contribution in [-0.2, 0) is 19.6 Å². The van der Waals surface area contributed by atoms with E-state index >= 15 is 0 Å². The van der Waals surface area contributed by atoms with Gasteiger partial charge in [0.2, 0.25) is 15.9 Å². The number of ether oxygens (including phenoxy) is 1. The van der Waals surface area contributed by atoms with Gasteiger partial charge in [-0.25, -0.2) is 27.1 Å². The summed E-state index contributed by atoms with van der Waals surface area (Å²) in [5.41, 5.74) is 1.20. The standard InChI is InChI=1S/C21H27ClFN5O4S/c1-13-10-28(33(30,31)8-6-18(29)27-11-15(12-27)32-2)7-5-16(13)19-20(22)26-21(25-19)17-4-3-14(23)9-24-17/h3-4,9,13,15-16H,5-8,10-12H2,1-2H3,(H,25,26)/t13-,16+/m0/s1. The number of amides is 1. The van der Waals surface area contributed by atoms with Crippen LogP contribution >= 0.6 is 11.6 Å². The van der Waals surface area contributed by atoms with Crippen molar-refractivity contribution < 1.29 is 22.3 Å². The van der Waals surface area contributed by atoms with Crippen molar-refractivity contribution in [2.45, 2.75) is 31.8 Å². The van der Waals surface area contributed by atoms with E-state index in [1.54, 1.807) is 12.0 Å². The lowest BCUT2D eigenvalue weighted by molar-refractivity contribution is -0.142. The molecule has 0 bridgehead atoms. The largest absolute Gasteiger partial charge is 0.378 e. The van der Waals surface area contributed by atoms with E-state index in [0.29, 0.717) is 49.3 Å². The smallest absolute Gasteiger partial charge is 0.223 e. The van der Waals surface area contributed by atoms with E-state index in [-0.39, 0.29) is 36.0 Å². The van der Waals surface area contributed by atoms with Crippen LogP contribution in [0.15, 0.2) is 18.3 Å². The molecule has 2 saturated heterocycles. The number of piperidine rings is 1. The van der Waals surface area contributed by atoms with Crippen LogP contribution in [0.4, 0.5) is 4.39 Å². The summed E-state index contributed by atoms with van der Waals surface area (Å²) in [5, 5.41) is 0.304. The van der Waals surface area contributed by atoms with Crippen molar-refractivity contribution in [3.63, 3.8) is 0 Å². The van der Waals surface area contributed by atoms with Crippen molar-refractivity contribution in [1.29, 1.82) is 0 Å². The second kappa shape index (κ2) is 9.65. The molecule has 0 aliphatic carbocycles. The fraction of sp³-hybridized carbons (Fsp3) is 0.571. The first-order valence-electron chi connectivity index (χ1n) is 10.8. The van der Waals surface area contributed by atoms with Crippen molar-refractivity contribution >= 4 is 27.5 Å². The van der Waals surface area contributed by atoms with Gasteiger partial charge in [0.25, 0.3) is 0 Å². The van der Waals surface area contributed by atoms with E-state index in [4.69, 9.17) is 16.3 Å². The number of halogens is 2. The van der Waals surface area contributed by atoms with Crippen LogP contribution in [0.25, 0.3) is 11.5 Å². The molecular formula is C21H27ClFN5O4S. The molecule has 0 spiro atoms. The van der Waals surface area contributed by atoms with Gasteiger partial charge in [-0.1, -0.05) is 18.5 Å². The highest BCUT2D eigenvalue weighted by Gasteiger charge is 2.36. The second-order valence-electron chi connectivity index (χ2n) is 8.60. The molecule has 9 nitrogen and oxygen atoms in total. The zero-order valence-corrected chi connectivity index (χ0v) is 20.1. The first kappa shape index (κ1) is 24.1. The summed E-state index contributed by atoms with van der Waals surface area (Å²) >= 11 is 6.38. The van der Waals surface area contributed by atoms with Gasteiger partial charge < -0.3 is 14.6 Å². The van der Waals surface area contributed by atoms with Gasteiger partial charge in [0.15, 0.2) is 11.0 Å². The van der Waals surface area contributed by atoms with Crippen molar-refractivity contribution in [1.82, 2.24) is 24.2 Å². The van der Waals surface area contributed by atoms with Crippen molar-refractivity contribution in [3.8, 4) is 11.5 Å². The molecule has 2 aromatic rings. The maximum Gasteiger partial charge on any atom is 0.223 e. The molecule has 4 rings (SSSR count). The topological polar surface area (TPSA) is 108 Å². The third kappa shape index (κ3) is 5.21. The molecule has 0 radical (unpaired) electrons. The summed E-state index contributed by atoms with van der Waals surface area (Å²) in [6.45, 7) is 3.66. The van der Waals surface area contributed by atoms with Crippen LogP contribution in [0.2, 0.25) is 5.15 Å². The molecule has 2 fully saturated rings. The number of nitrogens with zero attached hydrogens (tertiary/aromatic N) is 4. The molecule has 4 heterocycles. The van der Waals surface area contributed by atoms with Gasteiger partial charge in [-0.05, 0) is 24.5 Å². The highest BCUT2D eigenvalue weighted by atomic mass is 35.5. The summed E-state index contributed by atoms with van der Waals surface area (Å²) in [7, 11) is -1.96. The number of pyridine rings is 1. The third-order valence-electron chi connectivity index (χ3n) is 6.40. The number of carbonyl (C=O) groups excluding carboxylic acids is 1. The molecule has 1 amide bonds. The molecular weight excluding hydrogens is 473 g/mol. The lowest BCUT2D eigenvalue weighted by Gasteiger charge is -2.38. The normalized spacial score (nSPS) is 22.4.